The molecular weight excluding hydrogens is 458 g/mol. The molecule has 36 heavy (non-hydrogen) atoms. The fourth-order valence-corrected chi connectivity index (χ4v) is 5.24. The molecule has 0 unspecified atom stereocenters. The molecule has 2 fully saturated rings. The van der Waals surface area contributed by atoms with Gasteiger partial charge >= 0.3 is 0 Å². The van der Waals surface area contributed by atoms with Gasteiger partial charge in [-0.25, -0.2) is 4.98 Å². The fourth-order valence-electron chi connectivity index (χ4n) is 5.24. The summed E-state index contributed by atoms with van der Waals surface area (Å²) in [5.41, 5.74) is 1.79. The molecule has 2 aliphatic heterocycles. The van der Waals surface area contributed by atoms with Crippen molar-refractivity contribution in [3.63, 3.8) is 0 Å². The van der Waals surface area contributed by atoms with Crippen molar-refractivity contribution in [3.05, 3.63) is 30.1 Å². The van der Waals surface area contributed by atoms with Gasteiger partial charge in [0.1, 0.15) is 0 Å². The molecule has 1 N–H and O–H groups in total. The highest BCUT2D eigenvalue weighted by atomic mass is 16.5. The van der Waals surface area contributed by atoms with E-state index in [0.717, 1.165) is 17.5 Å². The third-order valence-electron chi connectivity index (χ3n) is 6.98. The lowest BCUT2D eigenvalue weighted by Gasteiger charge is -2.40. The van der Waals surface area contributed by atoms with Crippen molar-refractivity contribution in [2.24, 2.45) is 11.8 Å². The Labute approximate surface area is 214 Å². The summed E-state index contributed by atoms with van der Waals surface area (Å²) in [4.78, 5) is 36.0. The molecule has 2 amide bonds. The number of carbonyl (C=O) groups excluding carboxylic acids is 2. The molecule has 0 spiro atoms. The summed E-state index contributed by atoms with van der Waals surface area (Å²) < 4.78 is 13.0. The van der Waals surface area contributed by atoms with E-state index >= 15 is 0 Å². The zero-order chi connectivity index (χ0) is 25.5. The SMILES string of the molecule is CCOCCCn1c(C(=O)N(CC(C)C)[C@@H]2CNC[C@H](C(=O)N3CCOCC3)C2)nc2ccccc21. The quantitative estimate of drug-likeness (QED) is 0.505. The summed E-state index contributed by atoms with van der Waals surface area (Å²) in [6.45, 7) is 12.6. The molecular formula is C27H41N5O4. The van der Waals surface area contributed by atoms with E-state index < -0.39 is 0 Å². The lowest BCUT2D eigenvalue weighted by molar-refractivity contribution is -0.140. The molecule has 2 atom stereocenters. The number of imidazole rings is 1. The first-order chi connectivity index (χ1) is 17.5. The van der Waals surface area contributed by atoms with E-state index in [1.54, 1.807) is 0 Å². The summed E-state index contributed by atoms with van der Waals surface area (Å²) in [6.07, 6.45) is 1.46. The van der Waals surface area contributed by atoms with Crippen LogP contribution in [-0.2, 0) is 20.8 Å². The van der Waals surface area contributed by atoms with E-state index in [-0.39, 0.29) is 23.8 Å². The first-order valence-corrected chi connectivity index (χ1v) is 13.4. The Balaban J connectivity index is 1.57. The average Bonchev–Trinajstić information content (AvgIpc) is 3.28. The number of benzene rings is 1. The van der Waals surface area contributed by atoms with Crippen LogP contribution >= 0.6 is 0 Å². The van der Waals surface area contributed by atoms with Gasteiger partial charge in [0.05, 0.1) is 30.2 Å². The van der Waals surface area contributed by atoms with Gasteiger partial charge in [0.2, 0.25) is 5.91 Å². The van der Waals surface area contributed by atoms with Crippen molar-refractivity contribution >= 4 is 22.8 Å². The van der Waals surface area contributed by atoms with E-state index in [0.29, 0.717) is 83.9 Å². The number of fused-ring (bicyclic) bond motifs is 1. The number of ether oxygens (including phenoxy) is 2. The van der Waals surface area contributed by atoms with Gasteiger partial charge in [0.25, 0.3) is 5.91 Å². The highest BCUT2D eigenvalue weighted by molar-refractivity contribution is 5.95. The highest BCUT2D eigenvalue weighted by Gasteiger charge is 2.36. The maximum Gasteiger partial charge on any atom is 0.290 e. The van der Waals surface area contributed by atoms with Gasteiger partial charge in [-0.1, -0.05) is 26.0 Å². The molecule has 2 saturated heterocycles. The second-order valence-corrected chi connectivity index (χ2v) is 10.2. The highest BCUT2D eigenvalue weighted by Crippen LogP contribution is 2.24. The maximum absolute atomic E-state index is 14.1. The number of rotatable bonds is 10. The number of hydrogen-bond acceptors (Lipinski definition) is 6. The number of hydrogen-bond donors (Lipinski definition) is 1. The van der Waals surface area contributed by atoms with E-state index in [1.807, 2.05) is 45.6 Å². The lowest BCUT2D eigenvalue weighted by Crippen LogP contribution is -2.56. The van der Waals surface area contributed by atoms with Crippen LogP contribution in [0.15, 0.2) is 24.3 Å². The molecule has 9 heteroatoms. The topological polar surface area (TPSA) is 88.9 Å². The first-order valence-electron chi connectivity index (χ1n) is 13.4. The number of morpholine rings is 1. The molecule has 3 heterocycles. The van der Waals surface area contributed by atoms with Gasteiger partial charge in [-0.2, -0.15) is 0 Å². The standard InChI is InChI=1S/C27H41N5O4/c1-4-35-13-7-10-31-24-9-6-5-8-23(24)29-25(31)27(34)32(19-20(2)3)22-16-21(17-28-18-22)26(33)30-11-14-36-15-12-30/h5-6,8-9,20-22,28H,4,7,10-19H2,1-3H3/t21-,22+/m1/s1. The van der Waals surface area contributed by atoms with Crippen LogP contribution in [0.2, 0.25) is 0 Å². The second-order valence-electron chi connectivity index (χ2n) is 10.2. The van der Waals surface area contributed by atoms with Crippen LogP contribution in [0.5, 0.6) is 0 Å². The third-order valence-corrected chi connectivity index (χ3v) is 6.98. The van der Waals surface area contributed by atoms with Crippen molar-refractivity contribution in [2.75, 3.05) is 59.2 Å². The Kier molecular flexibility index (Phi) is 9.34. The van der Waals surface area contributed by atoms with Gasteiger partial charge in [-0.15, -0.1) is 0 Å². The largest absolute Gasteiger partial charge is 0.382 e. The van der Waals surface area contributed by atoms with E-state index in [1.165, 1.54) is 0 Å². The van der Waals surface area contributed by atoms with Gasteiger partial charge in [-0.3, -0.25) is 9.59 Å². The smallest absolute Gasteiger partial charge is 0.290 e. The Morgan fingerprint density at radius 2 is 2.00 bits per heavy atom. The molecule has 0 bridgehead atoms. The summed E-state index contributed by atoms with van der Waals surface area (Å²) in [5, 5.41) is 3.44. The van der Waals surface area contributed by atoms with E-state index in [9.17, 15) is 9.59 Å². The number of aromatic nitrogens is 2. The maximum atomic E-state index is 14.1. The molecule has 2 aromatic rings. The Morgan fingerprint density at radius 1 is 1.22 bits per heavy atom. The molecule has 2 aliphatic rings. The van der Waals surface area contributed by atoms with Crippen LogP contribution in [0.1, 0.15) is 44.2 Å². The van der Waals surface area contributed by atoms with Crippen molar-refractivity contribution in [3.8, 4) is 0 Å². The number of carbonyl (C=O) groups is 2. The van der Waals surface area contributed by atoms with Crippen molar-refractivity contribution < 1.29 is 19.1 Å². The van der Waals surface area contributed by atoms with Gasteiger partial charge in [0, 0.05) is 58.5 Å². The predicted molar refractivity (Wildman–Crippen MR) is 139 cm³/mol. The van der Waals surface area contributed by atoms with Crippen LogP contribution in [0.4, 0.5) is 0 Å². The minimum atomic E-state index is -0.144. The monoisotopic (exact) mass is 499 g/mol. The van der Waals surface area contributed by atoms with E-state index in [2.05, 4.69) is 19.2 Å². The molecule has 1 aromatic heterocycles. The summed E-state index contributed by atoms with van der Waals surface area (Å²) >= 11 is 0. The van der Waals surface area contributed by atoms with Crippen LogP contribution < -0.4 is 5.32 Å². The summed E-state index contributed by atoms with van der Waals surface area (Å²) in [5.74, 6) is 0.711. The average molecular weight is 500 g/mol. The van der Waals surface area contributed by atoms with E-state index in [4.69, 9.17) is 14.5 Å². The number of nitrogens with one attached hydrogen (secondary N) is 1. The predicted octanol–water partition coefficient (Wildman–Crippen LogP) is 2.40. The number of para-hydroxylation sites is 2. The van der Waals surface area contributed by atoms with Crippen molar-refractivity contribution in [1.82, 2.24) is 24.7 Å². The molecule has 0 saturated carbocycles. The number of nitrogens with zero attached hydrogens (tertiary/aromatic N) is 4. The molecule has 4 rings (SSSR count). The normalized spacial score (nSPS) is 20.7. The molecule has 1 aromatic carbocycles. The van der Waals surface area contributed by atoms with Crippen molar-refractivity contribution in [1.29, 1.82) is 0 Å². The lowest BCUT2D eigenvalue weighted by atomic mass is 9.92. The minimum Gasteiger partial charge on any atom is -0.382 e. The zero-order valence-electron chi connectivity index (χ0n) is 21.9. The molecule has 0 aliphatic carbocycles. The van der Waals surface area contributed by atoms with Crippen molar-refractivity contribution in [2.45, 2.75) is 46.2 Å². The third kappa shape index (κ3) is 6.25. The van der Waals surface area contributed by atoms with Gasteiger partial charge in [-0.05, 0) is 37.8 Å². The number of piperidine rings is 1. The molecule has 198 valence electrons. The van der Waals surface area contributed by atoms with Gasteiger partial charge < -0.3 is 29.2 Å². The Morgan fingerprint density at radius 3 is 2.75 bits per heavy atom. The first kappa shape index (κ1) is 26.6. The molecule has 0 radical (unpaired) electrons. The summed E-state index contributed by atoms with van der Waals surface area (Å²) in [6, 6.07) is 7.84. The second kappa shape index (κ2) is 12.7. The van der Waals surface area contributed by atoms with Crippen LogP contribution in [0.3, 0.4) is 0 Å². The summed E-state index contributed by atoms with van der Waals surface area (Å²) in [7, 11) is 0. The number of aryl methyl sites for hydroxylation is 1. The Bertz CT molecular complexity index is 1020. The van der Waals surface area contributed by atoms with Crippen LogP contribution in [-0.4, -0.2) is 96.4 Å². The van der Waals surface area contributed by atoms with Crippen LogP contribution in [0, 0.1) is 11.8 Å². The minimum absolute atomic E-state index is 0.0671. The van der Waals surface area contributed by atoms with Crippen LogP contribution in [0.25, 0.3) is 11.0 Å². The zero-order valence-corrected chi connectivity index (χ0v) is 21.9. The number of amides is 2. The fraction of sp³-hybridized carbons (Fsp3) is 0.667. The Hall–Kier alpha value is -2.49. The van der Waals surface area contributed by atoms with Gasteiger partial charge in [0.15, 0.2) is 5.82 Å². The molecule has 9 nitrogen and oxygen atoms in total.